The number of hydrogen-bond donors (Lipinski definition) is 1. The molecule has 1 aliphatic carbocycles. The lowest BCUT2D eigenvalue weighted by Crippen LogP contribution is -2.27. The Labute approximate surface area is 141 Å². The zero-order chi connectivity index (χ0) is 17.4. The number of rotatable bonds is 3. The van der Waals surface area contributed by atoms with E-state index >= 15 is 0 Å². The second kappa shape index (κ2) is 6.11. The van der Waals surface area contributed by atoms with Gasteiger partial charge in [0.05, 0.1) is 5.56 Å². The van der Waals surface area contributed by atoms with Crippen molar-refractivity contribution in [3.05, 3.63) is 27.0 Å². The van der Waals surface area contributed by atoms with E-state index in [1.165, 1.54) is 22.3 Å². The molecule has 1 aromatic heterocycles. The van der Waals surface area contributed by atoms with Gasteiger partial charge in [-0.1, -0.05) is 13.8 Å². The molecule has 0 aliphatic heterocycles. The van der Waals surface area contributed by atoms with Crippen molar-refractivity contribution in [3.63, 3.8) is 0 Å². The van der Waals surface area contributed by atoms with Gasteiger partial charge in [0.1, 0.15) is 5.60 Å². The van der Waals surface area contributed by atoms with E-state index in [2.05, 4.69) is 13.8 Å². The maximum absolute atomic E-state index is 12.7. The fourth-order valence-corrected chi connectivity index (χ4v) is 3.97. The van der Waals surface area contributed by atoms with Crippen molar-refractivity contribution < 1.29 is 19.4 Å². The van der Waals surface area contributed by atoms with Gasteiger partial charge in [-0.3, -0.25) is 0 Å². The molecule has 0 radical (unpaired) electrons. The molecule has 2 rings (SSSR count). The van der Waals surface area contributed by atoms with Gasteiger partial charge in [0.25, 0.3) is 0 Å². The lowest BCUT2D eigenvalue weighted by atomic mass is 9.76. The van der Waals surface area contributed by atoms with Crippen LogP contribution in [0.1, 0.15) is 66.7 Å². The minimum atomic E-state index is -1.02. The Bertz CT molecular complexity index is 659. The van der Waals surface area contributed by atoms with E-state index in [0.717, 1.165) is 30.9 Å². The summed E-state index contributed by atoms with van der Waals surface area (Å²) in [5.74, 6) is -1.38. The standard InChI is InChI=1S/C18H24O4S/c1-17(2,3)22-16(21)15-11-10-18(4,5)9-8-12(11)23-13(15)6-7-14(19)20/h6-7H,8-10H2,1-5H3,(H,19,20)/b7-6+. The number of aliphatic carboxylic acids is 1. The number of hydrogen-bond acceptors (Lipinski definition) is 4. The van der Waals surface area contributed by atoms with Crippen molar-refractivity contribution in [2.45, 2.75) is 59.5 Å². The molecule has 0 unspecified atom stereocenters. The van der Waals surface area contributed by atoms with Crippen molar-refractivity contribution in [2.75, 3.05) is 0 Å². The topological polar surface area (TPSA) is 63.6 Å². The summed E-state index contributed by atoms with van der Waals surface area (Å²) in [6.07, 6.45) is 5.39. The van der Waals surface area contributed by atoms with Crippen molar-refractivity contribution >= 4 is 29.4 Å². The molecule has 0 saturated heterocycles. The molecule has 5 heteroatoms. The minimum Gasteiger partial charge on any atom is -0.478 e. The SMILES string of the molecule is CC1(C)CCc2sc(/C=C/C(=O)O)c(C(=O)OC(C)(C)C)c2C1. The zero-order valence-corrected chi connectivity index (χ0v) is 15.2. The second-order valence-electron chi connectivity index (χ2n) is 7.76. The number of aryl methyl sites for hydroxylation is 1. The Morgan fingerprint density at radius 2 is 1.96 bits per heavy atom. The highest BCUT2D eigenvalue weighted by atomic mass is 32.1. The number of ether oxygens (including phenoxy) is 1. The summed E-state index contributed by atoms with van der Waals surface area (Å²) >= 11 is 1.51. The Hall–Kier alpha value is -1.62. The van der Waals surface area contributed by atoms with E-state index in [9.17, 15) is 9.59 Å². The third kappa shape index (κ3) is 4.44. The van der Waals surface area contributed by atoms with E-state index in [4.69, 9.17) is 9.84 Å². The van der Waals surface area contributed by atoms with Crippen LogP contribution in [0, 0.1) is 5.41 Å². The van der Waals surface area contributed by atoms with Crippen LogP contribution in [0.3, 0.4) is 0 Å². The highest BCUT2D eigenvalue weighted by molar-refractivity contribution is 7.13. The number of carbonyl (C=O) groups excluding carboxylic acids is 1. The van der Waals surface area contributed by atoms with Gasteiger partial charge in [-0.2, -0.15) is 0 Å². The van der Waals surface area contributed by atoms with Gasteiger partial charge >= 0.3 is 11.9 Å². The fraction of sp³-hybridized carbons (Fsp3) is 0.556. The summed E-state index contributed by atoms with van der Waals surface area (Å²) in [5.41, 5.74) is 1.14. The van der Waals surface area contributed by atoms with E-state index in [0.29, 0.717) is 10.4 Å². The first-order chi connectivity index (χ1) is 10.5. The fourth-order valence-electron chi connectivity index (χ4n) is 2.76. The molecule has 0 atom stereocenters. The Morgan fingerprint density at radius 3 is 2.52 bits per heavy atom. The number of carboxylic acid groups (broad SMARTS) is 1. The predicted octanol–water partition coefficient (Wildman–Crippen LogP) is 4.32. The van der Waals surface area contributed by atoms with Gasteiger partial charge in [-0.05, 0) is 57.1 Å². The number of carbonyl (C=O) groups is 2. The average molecular weight is 336 g/mol. The van der Waals surface area contributed by atoms with Crippen LogP contribution < -0.4 is 0 Å². The molecular formula is C18H24O4S. The Kier molecular flexibility index (Phi) is 4.71. The predicted molar refractivity (Wildman–Crippen MR) is 92.0 cm³/mol. The number of thiophene rings is 1. The van der Waals surface area contributed by atoms with Crippen LogP contribution in [-0.2, 0) is 22.4 Å². The lowest BCUT2D eigenvalue weighted by molar-refractivity contribution is -0.131. The van der Waals surface area contributed by atoms with E-state index < -0.39 is 11.6 Å². The zero-order valence-electron chi connectivity index (χ0n) is 14.4. The molecule has 0 spiro atoms. The molecule has 1 aliphatic rings. The van der Waals surface area contributed by atoms with Gasteiger partial charge in [0, 0.05) is 15.8 Å². The van der Waals surface area contributed by atoms with Crippen LogP contribution in [-0.4, -0.2) is 22.6 Å². The molecule has 0 amide bonds. The van der Waals surface area contributed by atoms with Crippen LogP contribution in [0.5, 0.6) is 0 Å². The Balaban J connectivity index is 2.49. The van der Waals surface area contributed by atoms with Gasteiger partial charge in [-0.15, -0.1) is 11.3 Å². The van der Waals surface area contributed by atoms with Crippen LogP contribution in [0.25, 0.3) is 6.08 Å². The summed E-state index contributed by atoms with van der Waals surface area (Å²) in [6, 6.07) is 0. The first-order valence-corrected chi connectivity index (χ1v) is 8.59. The molecule has 0 aromatic carbocycles. The molecule has 23 heavy (non-hydrogen) atoms. The van der Waals surface area contributed by atoms with Crippen molar-refractivity contribution in [3.8, 4) is 0 Å². The molecular weight excluding hydrogens is 312 g/mol. The maximum Gasteiger partial charge on any atom is 0.340 e. The lowest BCUT2D eigenvalue weighted by Gasteiger charge is -2.30. The largest absolute Gasteiger partial charge is 0.478 e. The van der Waals surface area contributed by atoms with Gasteiger partial charge in [0.2, 0.25) is 0 Å². The maximum atomic E-state index is 12.7. The highest BCUT2D eigenvalue weighted by Crippen LogP contribution is 2.42. The molecule has 1 N–H and O–H groups in total. The molecule has 1 heterocycles. The van der Waals surface area contributed by atoms with Crippen LogP contribution in [0.4, 0.5) is 0 Å². The molecule has 126 valence electrons. The normalized spacial score (nSPS) is 17.1. The van der Waals surface area contributed by atoms with E-state index in [1.807, 2.05) is 20.8 Å². The summed E-state index contributed by atoms with van der Waals surface area (Å²) in [5, 5.41) is 8.88. The minimum absolute atomic E-state index is 0.138. The van der Waals surface area contributed by atoms with E-state index in [1.54, 1.807) is 0 Å². The number of esters is 1. The smallest absolute Gasteiger partial charge is 0.340 e. The van der Waals surface area contributed by atoms with Crippen LogP contribution in [0.15, 0.2) is 6.08 Å². The van der Waals surface area contributed by atoms with Gasteiger partial charge in [0.15, 0.2) is 0 Å². The first kappa shape index (κ1) is 17.7. The van der Waals surface area contributed by atoms with Crippen LogP contribution in [0.2, 0.25) is 0 Å². The van der Waals surface area contributed by atoms with Gasteiger partial charge in [-0.25, -0.2) is 9.59 Å². The number of fused-ring (bicyclic) bond motifs is 1. The molecule has 0 bridgehead atoms. The average Bonchev–Trinajstić information content (AvgIpc) is 2.70. The molecule has 0 saturated carbocycles. The van der Waals surface area contributed by atoms with Crippen molar-refractivity contribution in [1.29, 1.82) is 0 Å². The molecule has 1 aromatic rings. The van der Waals surface area contributed by atoms with Crippen molar-refractivity contribution in [1.82, 2.24) is 0 Å². The molecule has 0 fully saturated rings. The highest BCUT2D eigenvalue weighted by Gasteiger charge is 2.33. The summed E-state index contributed by atoms with van der Waals surface area (Å²) < 4.78 is 5.55. The number of carboxylic acids is 1. The second-order valence-corrected chi connectivity index (χ2v) is 8.89. The quantitative estimate of drug-likeness (QED) is 0.659. The van der Waals surface area contributed by atoms with Crippen LogP contribution >= 0.6 is 11.3 Å². The summed E-state index contributed by atoms with van der Waals surface area (Å²) in [4.78, 5) is 25.4. The first-order valence-electron chi connectivity index (χ1n) is 7.77. The monoisotopic (exact) mass is 336 g/mol. The Morgan fingerprint density at radius 1 is 1.30 bits per heavy atom. The third-order valence-electron chi connectivity index (χ3n) is 3.78. The van der Waals surface area contributed by atoms with Gasteiger partial charge < -0.3 is 9.84 Å². The summed E-state index contributed by atoms with van der Waals surface area (Å²) in [6.45, 7) is 9.89. The molecule has 4 nitrogen and oxygen atoms in total. The van der Waals surface area contributed by atoms with Crippen molar-refractivity contribution in [2.24, 2.45) is 5.41 Å². The summed E-state index contributed by atoms with van der Waals surface area (Å²) in [7, 11) is 0. The third-order valence-corrected chi connectivity index (χ3v) is 5.04. The van der Waals surface area contributed by atoms with E-state index in [-0.39, 0.29) is 11.4 Å².